The zero-order valence-electron chi connectivity index (χ0n) is 18.9. The van der Waals surface area contributed by atoms with Crippen LogP contribution in [0, 0.1) is 18.8 Å². The predicted octanol–water partition coefficient (Wildman–Crippen LogP) is 2.19. The second-order valence-electron chi connectivity index (χ2n) is 9.80. The minimum absolute atomic E-state index is 0.269. The molecule has 5 atom stereocenters. The molecule has 4 heterocycles. The highest BCUT2D eigenvalue weighted by molar-refractivity contribution is 6.11. The summed E-state index contributed by atoms with van der Waals surface area (Å²) in [5.41, 5.74) is -1.18. The van der Waals surface area contributed by atoms with E-state index in [4.69, 9.17) is 9.26 Å². The number of hydrogen-bond donors (Lipinski definition) is 2. The first-order chi connectivity index (χ1) is 15.6. The van der Waals surface area contributed by atoms with Crippen LogP contribution in [0.5, 0.6) is 0 Å². The minimum Gasteiger partial charge on any atom is -0.360 e. The van der Waals surface area contributed by atoms with Gasteiger partial charge in [0.2, 0.25) is 17.7 Å². The van der Waals surface area contributed by atoms with Crippen LogP contribution in [0.4, 0.5) is 11.5 Å². The summed E-state index contributed by atoms with van der Waals surface area (Å²) in [7, 11) is 0. The van der Waals surface area contributed by atoms with E-state index in [1.165, 1.54) is 4.90 Å². The standard InChI is InChI=1S/C24H26N4O5/c1-13-12-16(27-33-13)25-20(29)17-15-10-11-24(32-15)18(17)22(31)28(14-8-6-5-7-9-14)19(24)21(30)26-23(2,3)4/h5-12,15,17-19H,1-4H3,(H,26,30)(H,25,27,29)/t15-,17+,18+,19-,24+/m1/s1. The Labute approximate surface area is 191 Å². The number of aryl methyl sites for hydroxylation is 1. The predicted molar refractivity (Wildman–Crippen MR) is 119 cm³/mol. The Kier molecular flexibility index (Phi) is 4.72. The third-order valence-electron chi connectivity index (χ3n) is 6.24. The van der Waals surface area contributed by atoms with E-state index in [-0.39, 0.29) is 17.6 Å². The molecule has 3 aliphatic heterocycles. The number of hydrogen-bond acceptors (Lipinski definition) is 6. The summed E-state index contributed by atoms with van der Waals surface area (Å²) >= 11 is 0. The maximum absolute atomic E-state index is 13.8. The third-order valence-corrected chi connectivity index (χ3v) is 6.24. The number of nitrogens with zero attached hydrogens (tertiary/aromatic N) is 2. The first-order valence-corrected chi connectivity index (χ1v) is 10.9. The van der Waals surface area contributed by atoms with Crippen LogP contribution in [-0.2, 0) is 19.1 Å². The smallest absolute Gasteiger partial charge is 0.246 e. The van der Waals surface area contributed by atoms with Crippen LogP contribution in [0.1, 0.15) is 26.5 Å². The number of carbonyl (C=O) groups is 3. The first kappa shape index (κ1) is 21.4. The number of fused-ring (bicyclic) bond motifs is 1. The molecule has 9 nitrogen and oxygen atoms in total. The fourth-order valence-corrected chi connectivity index (χ4v) is 5.11. The highest BCUT2D eigenvalue weighted by atomic mass is 16.5. The Morgan fingerprint density at radius 2 is 1.88 bits per heavy atom. The average Bonchev–Trinajstić information content (AvgIpc) is 3.48. The monoisotopic (exact) mass is 450 g/mol. The van der Waals surface area contributed by atoms with Gasteiger partial charge in [0.25, 0.3) is 0 Å². The first-order valence-electron chi connectivity index (χ1n) is 10.9. The van der Waals surface area contributed by atoms with Gasteiger partial charge >= 0.3 is 0 Å². The van der Waals surface area contributed by atoms with Gasteiger partial charge in [-0.05, 0) is 39.8 Å². The molecule has 0 radical (unpaired) electrons. The van der Waals surface area contributed by atoms with Crippen molar-refractivity contribution in [3.05, 3.63) is 54.3 Å². The fraction of sp³-hybridized carbons (Fsp3) is 0.417. The van der Waals surface area contributed by atoms with Gasteiger partial charge in [0.05, 0.1) is 17.9 Å². The summed E-state index contributed by atoms with van der Waals surface area (Å²) < 4.78 is 11.3. The van der Waals surface area contributed by atoms with Crippen LogP contribution in [-0.4, -0.2) is 46.2 Å². The zero-order valence-corrected chi connectivity index (χ0v) is 18.9. The highest BCUT2D eigenvalue weighted by Crippen LogP contribution is 2.56. The number of aromatic nitrogens is 1. The van der Waals surface area contributed by atoms with E-state index in [1.54, 1.807) is 49.4 Å². The lowest BCUT2D eigenvalue weighted by Gasteiger charge is -2.34. The largest absolute Gasteiger partial charge is 0.360 e. The molecule has 2 N–H and O–H groups in total. The molecule has 0 saturated carbocycles. The fourth-order valence-electron chi connectivity index (χ4n) is 5.11. The van der Waals surface area contributed by atoms with Crippen molar-refractivity contribution in [1.29, 1.82) is 0 Å². The molecule has 0 aliphatic carbocycles. The van der Waals surface area contributed by atoms with Gasteiger partial charge in [-0.15, -0.1) is 0 Å². The normalized spacial score (nSPS) is 29.9. The summed E-state index contributed by atoms with van der Waals surface area (Å²) in [6.45, 7) is 7.35. The number of rotatable bonds is 4. The van der Waals surface area contributed by atoms with Crippen LogP contribution in [0.25, 0.3) is 0 Å². The molecular formula is C24H26N4O5. The topological polar surface area (TPSA) is 114 Å². The van der Waals surface area contributed by atoms with Crippen molar-refractivity contribution in [3.8, 4) is 0 Å². The molecule has 5 rings (SSSR count). The summed E-state index contributed by atoms with van der Waals surface area (Å²) in [4.78, 5) is 42.1. The van der Waals surface area contributed by atoms with Crippen molar-refractivity contribution in [3.63, 3.8) is 0 Å². The number of carbonyl (C=O) groups excluding carboxylic acids is 3. The number of nitrogens with one attached hydrogen (secondary N) is 2. The third kappa shape index (κ3) is 3.34. The van der Waals surface area contributed by atoms with Crippen LogP contribution >= 0.6 is 0 Å². The molecule has 1 aromatic heterocycles. The van der Waals surface area contributed by atoms with Gasteiger partial charge in [-0.2, -0.15) is 0 Å². The van der Waals surface area contributed by atoms with Crippen molar-refractivity contribution in [1.82, 2.24) is 10.5 Å². The van der Waals surface area contributed by atoms with Crippen LogP contribution < -0.4 is 15.5 Å². The number of para-hydroxylation sites is 1. The number of amides is 3. The van der Waals surface area contributed by atoms with Crippen molar-refractivity contribution in [2.24, 2.45) is 11.8 Å². The molecule has 3 aliphatic rings. The van der Waals surface area contributed by atoms with Gasteiger partial charge in [0, 0.05) is 17.3 Å². The van der Waals surface area contributed by atoms with Crippen LogP contribution in [0.3, 0.4) is 0 Å². The van der Waals surface area contributed by atoms with Crippen molar-refractivity contribution < 1.29 is 23.6 Å². The Morgan fingerprint density at radius 3 is 2.52 bits per heavy atom. The van der Waals surface area contributed by atoms with E-state index in [0.29, 0.717) is 11.4 Å². The zero-order chi connectivity index (χ0) is 23.5. The Bertz CT molecular complexity index is 1150. The van der Waals surface area contributed by atoms with E-state index in [9.17, 15) is 14.4 Å². The molecule has 172 valence electrons. The van der Waals surface area contributed by atoms with E-state index >= 15 is 0 Å². The lowest BCUT2D eigenvalue weighted by Crippen LogP contribution is -2.58. The minimum atomic E-state index is -1.24. The van der Waals surface area contributed by atoms with Crippen LogP contribution in [0.2, 0.25) is 0 Å². The summed E-state index contributed by atoms with van der Waals surface area (Å²) in [6.07, 6.45) is 2.93. The number of anilines is 2. The van der Waals surface area contributed by atoms with E-state index < -0.39 is 41.0 Å². The molecular weight excluding hydrogens is 424 g/mol. The lowest BCUT2D eigenvalue weighted by atomic mass is 9.74. The molecule has 0 unspecified atom stereocenters. The number of benzene rings is 1. The molecule has 2 aromatic rings. The van der Waals surface area contributed by atoms with Gasteiger partial charge in [-0.25, -0.2) is 0 Å². The molecule has 3 amide bonds. The van der Waals surface area contributed by atoms with E-state index in [1.807, 2.05) is 26.8 Å². The van der Waals surface area contributed by atoms with Gasteiger partial charge in [-0.3, -0.25) is 19.3 Å². The SMILES string of the molecule is Cc1cc(NC(=O)[C@@H]2[C@H]3C(=O)N(c4ccccc4)[C@H](C(=O)NC(C)(C)C)[C@]34C=C[C@H]2O4)no1. The van der Waals surface area contributed by atoms with Gasteiger partial charge in [-0.1, -0.05) is 35.5 Å². The maximum atomic E-state index is 13.8. The average molecular weight is 450 g/mol. The molecule has 2 bridgehead atoms. The van der Waals surface area contributed by atoms with Crippen molar-refractivity contribution >= 4 is 29.2 Å². The van der Waals surface area contributed by atoms with Gasteiger partial charge in [0.1, 0.15) is 17.4 Å². The van der Waals surface area contributed by atoms with Crippen molar-refractivity contribution in [2.75, 3.05) is 10.2 Å². The summed E-state index contributed by atoms with van der Waals surface area (Å²) in [6, 6.07) is 9.64. The molecule has 9 heteroatoms. The van der Waals surface area contributed by atoms with Gasteiger partial charge in [0.15, 0.2) is 5.82 Å². The van der Waals surface area contributed by atoms with Gasteiger partial charge < -0.3 is 19.9 Å². The molecule has 2 saturated heterocycles. The Balaban J connectivity index is 1.55. The molecule has 1 aromatic carbocycles. The number of ether oxygens (including phenoxy) is 1. The second kappa shape index (κ2) is 7.28. The second-order valence-corrected chi connectivity index (χ2v) is 9.80. The highest BCUT2D eigenvalue weighted by Gasteiger charge is 2.73. The van der Waals surface area contributed by atoms with Crippen LogP contribution in [0.15, 0.2) is 53.1 Å². The molecule has 2 fully saturated rings. The summed E-state index contributed by atoms with van der Waals surface area (Å²) in [5, 5.41) is 9.53. The lowest BCUT2D eigenvalue weighted by molar-refractivity contribution is -0.129. The van der Waals surface area contributed by atoms with E-state index in [2.05, 4.69) is 15.8 Å². The molecule has 1 spiro atoms. The van der Waals surface area contributed by atoms with Crippen molar-refractivity contribution in [2.45, 2.75) is 51.0 Å². The quantitative estimate of drug-likeness (QED) is 0.691. The Hall–Kier alpha value is -3.46. The molecule has 33 heavy (non-hydrogen) atoms. The Morgan fingerprint density at radius 1 is 1.15 bits per heavy atom. The van der Waals surface area contributed by atoms with E-state index in [0.717, 1.165) is 0 Å². The summed E-state index contributed by atoms with van der Waals surface area (Å²) in [5.74, 6) is -1.89. The maximum Gasteiger partial charge on any atom is 0.246 e.